The van der Waals surface area contributed by atoms with Gasteiger partial charge in [0.2, 0.25) is 0 Å². The van der Waals surface area contributed by atoms with Gasteiger partial charge in [-0.1, -0.05) is 18.2 Å². The summed E-state index contributed by atoms with van der Waals surface area (Å²) in [5.41, 5.74) is 10.8. The van der Waals surface area contributed by atoms with Crippen LogP contribution in [0.3, 0.4) is 0 Å². The Bertz CT molecular complexity index is 488. The van der Waals surface area contributed by atoms with E-state index in [1.807, 2.05) is 0 Å². The third-order valence-corrected chi connectivity index (χ3v) is 5.23. The number of likely N-dealkylation sites (tertiary alicyclic amines) is 1. The van der Waals surface area contributed by atoms with Crippen LogP contribution in [-0.4, -0.2) is 35.7 Å². The largest absolute Gasteiger partial charge is 0.396 e. The van der Waals surface area contributed by atoms with E-state index in [9.17, 15) is 0 Å². The molecule has 1 heterocycles. The molecule has 0 saturated carbocycles. The maximum atomic E-state index is 9.03. The van der Waals surface area contributed by atoms with E-state index in [0.717, 1.165) is 38.9 Å². The molecule has 3 heteroatoms. The van der Waals surface area contributed by atoms with Crippen LogP contribution >= 0.6 is 0 Å². The van der Waals surface area contributed by atoms with E-state index in [1.54, 1.807) is 11.1 Å². The molecule has 0 aromatic heterocycles. The normalized spacial score (nSPS) is 25.9. The first-order chi connectivity index (χ1) is 10.7. The zero-order valence-corrected chi connectivity index (χ0v) is 13.6. The maximum Gasteiger partial charge on any atom is 0.0431 e. The lowest BCUT2D eigenvalue weighted by molar-refractivity contribution is 0.137. The highest BCUT2D eigenvalue weighted by atomic mass is 16.2. The van der Waals surface area contributed by atoms with Gasteiger partial charge in [0.25, 0.3) is 0 Å². The Labute approximate surface area is 134 Å². The summed E-state index contributed by atoms with van der Waals surface area (Å²) in [6.45, 7) is 3.46. The van der Waals surface area contributed by atoms with Crippen molar-refractivity contribution in [2.24, 2.45) is 11.7 Å². The van der Waals surface area contributed by atoms with Crippen LogP contribution in [0.4, 0.5) is 0 Å². The Morgan fingerprint density at radius 1 is 1.14 bits per heavy atom. The fourth-order valence-electron chi connectivity index (χ4n) is 4.21. The van der Waals surface area contributed by atoms with E-state index in [0.29, 0.717) is 12.5 Å². The van der Waals surface area contributed by atoms with Crippen molar-refractivity contribution in [1.29, 1.82) is 0 Å². The van der Waals surface area contributed by atoms with E-state index >= 15 is 0 Å². The molecule has 0 spiro atoms. The Morgan fingerprint density at radius 2 is 1.95 bits per heavy atom. The van der Waals surface area contributed by atoms with E-state index in [-0.39, 0.29) is 6.04 Å². The molecule has 122 valence electrons. The van der Waals surface area contributed by atoms with Gasteiger partial charge in [-0.15, -0.1) is 0 Å². The van der Waals surface area contributed by atoms with E-state index in [2.05, 4.69) is 23.1 Å². The molecule has 2 unspecified atom stereocenters. The van der Waals surface area contributed by atoms with Crippen LogP contribution in [-0.2, 0) is 19.4 Å². The van der Waals surface area contributed by atoms with Crippen molar-refractivity contribution < 1.29 is 5.11 Å². The van der Waals surface area contributed by atoms with Gasteiger partial charge in [-0.05, 0) is 67.6 Å². The molecule has 1 aromatic rings. The van der Waals surface area contributed by atoms with Crippen LogP contribution in [0.15, 0.2) is 18.2 Å². The van der Waals surface area contributed by atoms with Gasteiger partial charge >= 0.3 is 0 Å². The van der Waals surface area contributed by atoms with E-state index in [4.69, 9.17) is 10.8 Å². The van der Waals surface area contributed by atoms with Crippen molar-refractivity contribution >= 4 is 0 Å². The van der Waals surface area contributed by atoms with Crippen LogP contribution in [0.2, 0.25) is 0 Å². The summed E-state index contributed by atoms with van der Waals surface area (Å²) in [4.78, 5) is 2.51. The van der Waals surface area contributed by atoms with Crippen molar-refractivity contribution in [1.82, 2.24) is 4.90 Å². The van der Waals surface area contributed by atoms with Crippen LogP contribution in [0.25, 0.3) is 0 Å². The van der Waals surface area contributed by atoms with Gasteiger partial charge in [-0.3, -0.25) is 4.90 Å². The highest BCUT2D eigenvalue weighted by Crippen LogP contribution is 2.25. The van der Waals surface area contributed by atoms with Gasteiger partial charge < -0.3 is 10.8 Å². The summed E-state index contributed by atoms with van der Waals surface area (Å²) in [6, 6.07) is 7.37. The Balaban J connectivity index is 1.61. The van der Waals surface area contributed by atoms with Crippen molar-refractivity contribution in [3.63, 3.8) is 0 Å². The van der Waals surface area contributed by atoms with Crippen molar-refractivity contribution in [3.8, 4) is 0 Å². The van der Waals surface area contributed by atoms with Gasteiger partial charge in [0.15, 0.2) is 0 Å². The first kappa shape index (κ1) is 16.0. The number of nitrogens with zero attached hydrogens (tertiary/aromatic N) is 1. The molecule has 0 radical (unpaired) electrons. The number of aliphatic hydroxyl groups is 1. The summed E-state index contributed by atoms with van der Waals surface area (Å²) in [6.07, 6.45) is 8.32. The molecule has 1 aliphatic carbocycles. The lowest BCUT2D eigenvalue weighted by Gasteiger charge is -2.36. The second kappa shape index (κ2) is 7.58. The minimum atomic E-state index is 0.287. The fraction of sp³-hybridized carbons (Fsp3) is 0.684. The highest BCUT2D eigenvalue weighted by Gasteiger charge is 2.24. The number of rotatable bonds is 5. The molecule has 2 atom stereocenters. The first-order valence-corrected chi connectivity index (χ1v) is 8.94. The van der Waals surface area contributed by atoms with Gasteiger partial charge in [-0.25, -0.2) is 0 Å². The summed E-state index contributed by atoms with van der Waals surface area (Å²) >= 11 is 0. The average molecular weight is 302 g/mol. The SMILES string of the molecule is NC1CC(CCCO)CN(Cc2ccc3c(c2)CCCC3)C1. The minimum absolute atomic E-state index is 0.287. The van der Waals surface area contributed by atoms with Gasteiger partial charge in [-0.2, -0.15) is 0 Å². The van der Waals surface area contributed by atoms with Crippen molar-refractivity contribution in [2.75, 3.05) is 19.7 Å². The quantitative estimate of drug-likeness (QED) is 0.878. The zero-order chi connectivity index (χ0) is 15.4. The fourth-order valence-corrected chi connectivity index (χ4v) is 4.21. The minimum Gasteiger partial charge on any atom is -0.396 e. The molecule has 1 aromatic carbocycles. The number of nitrogens with two attached hydrogens (primary N) is 1. The molecule has 0 amide bonds. The second-order valence-corrected chi connectivity index (χ2v) is 7.23. The molecule has 3 N–H and O–H groups in total. The molecule has 22 heavy (non-hydrogen) atoms. The lowest BCUT2D eigenvalue weighted by Crippen LogP contribution is -2.46. The molecule has 1 aliphatic heterocycles. The van der Waals surface area contributed by atoms with Crippen molar-refractivity contribution in [3.05, 3.63) is 34.9 Å². The molecule has 1 fully saturated rings. The number of aliphatic hydroxyl groups excluding tert-OH is 1. The number of hydrogen-bond donors (Lipinski definition) is 2. The van der Waals surface area contributed by atoms with Crippen LogP contribution in [0.1, 0.15) is 48.8 Å². The molecule has 2 aliphatic rings. The zero-order valence-electron chi connectivity index (χ0n) is 13.6. The second-order valence-electron chi connectivity index (χ2n) is 7.23. The first-order valence-electron chi connectivity index (χ1n) is 8.94. The van der Waals surface area contributed by atoms with Crippen molar-refractivity contribution in [2.45, 2.75) is 57.5 Å². The highest BCUT2D eigenvalue weighted by molar-refractivity contribution is 5.33. The Hall–Kier alpha value is -0.900. The molecular weight excluding hydrogens is 272 g/mol. The smallest absolute Gasteiger partial charge is 0.0431 e. The third-order valence-electron chi connectivity index (χ3n) is 5.23. The molecule has 0 bridgehead atoms. The van der Waals surface area contributed by atoms with Gasteiger partial charge in [0.05, 0.1) is 0 Å². The van der Waals surface area contributed by atoms with Crippen LogP contribution in [0.5, 0.6) is 0 Å². The monoisotopic (exact) mass is 302 g/mol. The molecular formula is C19H30N2O. The van der Waals surface area contributed by atoms with E-state index in [1.165, 1.54) is 31.2 Å². The van der Waals surface area contributed by atoms with Gasteiger partial charge in [0, 0.05) is 32.3 Å². The Kier molecular flexibility index (Phi) is 5.51. The number of fused-ring (bicyclic) bond motifs is 1. The predicted molar refractivity (Wildman–Crippen MR) is 90.8 cm³/mol. The third kappa shape index (κ3) is 4.09. The van der Waals surface area contributed by atoms with Gasteiger partial charge in [0.1, 0.15) is 0 Å². The molecule has 3 rings (SSSR count). The number of aryl methyl sites for hydroxylation is 2. The number of hydrogen-bond acceptors (Lipinski definition) is 3. The maximum absolute atomic E-state index is 9.03. The molecule has 3 nitrogen and oxygen atoms in total. The Morgan fingerprint density at radius 3 is 2.77 bits per heavy atom. The summed E-state index contributed by atoms with van der Waals surface area (Å²) < 4.78 is 0. The number of piperidine rings is 1. The summed E-state index contributed by atoms with van der Waals surface area (Å²) in [5.74, 6) is 0.647. The number of benzene rings is 1. The lowest BCUT2D eigenvalue weighted by atomic mass is 9.89. The predicted octanol–water partition coefficient (Wildman–Crippen LogP) is 2.49. The van der Waals surface area contributed by atoms with Crippen LogP contribution in [0, 0.1) is 5.92 Å². The standard InChI is InChI=1S/C19H30N2O/c20-19-11-15(4-3-9-22)12-21(14-19)13-16-7-8-17-5-1-2-6-18(17)10-16/h7-8,10,15,19,22H,1-6,9,11-14,20H2. The van der Waals surface area contributed by atoms with E-state index < -0.39 is 0 Å². The topological polar surface area (TPSA) is 49.5 Å². The molecule has 1 saturated heterocycles. The summed E-state index contributed by atoms with van der Waals surface area (Å²) in [7, 11) is 0. The average Bonchev–Trinajstić information content (AvgIpc) is 2.52. The summed E-state index contributed by atoms with van der Waals surface area (Å²) in [5, 5.41) is 9.03. The van der Waals surface area contributed by atoms with Crippen LogP contribution < -0.4 is 5.73 Å².